The fourth-order valence-corrected chi connectivity index (χ4v) is 3.67. The van der Waals surface area contributed by atoms with Crippen LogP contribution in [0.5, 0.6) is 0 Å². The van der Waals surface area contributed by atoms with Gasteiger partial charge in [0.05, 0.1) is 9.85 Å². The predicted octanol–water partition coefficient (Wildman–Crippen LogP) is 6.51. The molecule has 0 atom stereocenters. The molecule has 6 heteroatoms. The lowest BCUT2D eigenvalue weighted by Gasteiger charge is -2.18. The molecule has 0 heterocycles. The first-order valence-corrected chi connectivity index (χ1v) is 9.89. The van der Waals surface area contributed by atoms with Crippen molar-refractivity contribution in [3.63, 3.8) is 0 Å². The lowest BCUT2D eigenvalue weighted by molar-refractivity contribution is -0.385. The molecule has 0 amide bonds. The molecule has 6 nitrogen and oxygen atoms in total. The fourth-order valence-electron chi connectivity index (χ4n) is 3.67. The number of non-ortho nitro benzene ring substituents is 2. The summed E-state index contributed by atoms with van der Waals surface area (Å²) in [5.74, 6) is 0. The van der Waals surface area contributed by atoms with Crippen LogP contribution in [-0.4, -0.2) is 9.85 Å². The van der Waals surface area contributed by atoms with Gasteiger partial charge in [-0.15, -0.1) is 0 Å². The average Bonchev–Trinajstić information content (AvgIpc) is 2.83. The Kier molecular flexibility index (Phi) is 5.85. The van der Waals surface area contributed by atoms with Crippen molar-refractivity contribution in [2.24, 2.45) is 0 Å². The Balaban J connectivity index is 2.12. The van der Waals surface area contributed by atoms with Crippen LogP contribution in [0.1, 0.15) is 22.3 Å². The summed E-state index contributed by atoms with van der Waals surface area (Å²) >= 11 is 0. The number of benzene rings is 4. The number of nitro benzene ring substituents is 2. The zero-order valence-electron chi connectivity index (χ0n) is 16.9. The molecule has 4 rings (SSSR count). The molecule has 0 aliphatic carbocycles. The maximum atomic E-state index is 11.5. The molecule has 0 spiro atoms. The molecule has 0 aromatic heterocycles. The first-order chi connectivity index (χ1) is 15.5. The van der Waals surface area contributed by atoms with Crippen LogP contribution in [0.25, 0.3) is 11.1 Å². The quantitative estimate of drug-likeness (QED) is 0.201. The summed E-state index contributed by atoms with van der Waals surface area (Å²) in [6, 6.07) is 32.0. The summed E-state index contributed by atoms with van der Waals surface area (Å²) < 4.78 is 0. The molecule has 156 valence electrons. The van der Waals surface area contributed by atoms with Crippen molar-refractivity contribution in [1.82, 2.24) is 0 Å². The van der Waals surface area contributed by atoms with E-state index in [0.717, 1.165) is 16.7 Å². The summed E-state index contributed by atoms with van der Waals surface area (Å²) in [7, 11) is 0. The van der Waals surface area contributed by atoms with Crippen LogP contribution in [0.15, 0.2) is 109 Å². The molecule has 0 saturated heterocycles. The maximum Gasteiger partial charge on any atom is 0.270 e. The van der Waals surface area contributed by atoms with Crippen LogP contribution in [0.4, 0.5) is 11.4 Å². The monoisotopic (exact) mass is 422 g/mol. The Labute approximate surface area is 184 Å². The molecule has 0 N–H and O–H groups in total. The summed E-state index contributed by atoms with van der Waals surface area (Å²) in [5, 5.41) is 22.9. The van der Waals surface area contributed by atoms with Gasteiger partial charge in [0.15, 0.2) is 0 Å². The van der Waals surface area contributed by atoms with Gasteiger partial charge in [0.25, 0.3) is 11.4 Å². The predicted molar refractivity (Wildman–Crippen MR) is 124 cm³/mol. The van der Waals surface area contributed by atoms with Crippen molar-refractivity contribution < 1.29 is 9.85 Å². The van der Waals surface area contributed by atoms with E-state index in [9.17, 15) is 20.2 Å². The normalized spacial score (nSPS) is 10.4. The lowest BCUT2D eigenvalue weighted by atomic mass is 9.85. The zero-order valence-corrected chi connectivity index (χ0v) is 16.9. The second kappa shape index (κ2) is 9.06. The fraction of sp³-hybridized carbons (Fsp3) is 0. The number of hydrogen-bond acceptors (Lipinski definition) is 4. The van der Waals surface area contributed by atoms with E-state index in [-0.39, 0.29) is 11.4 Å². The van der Waals surface area contributed by atoms with E-state index >= 15 is 0 Å². The smallest absolute Gasteiger partial charge is 0.258 e. The summed E-state index contributed by atoms with van der Waals surface area (Å²) in [4.78, 5) is 22.0. The van der Waals surface area contributed by atoms with E-state index in [1.807, 2.05) is 60.7 Å². The number of hydrogen-bond donors (Lipinski definition) is 0. The molecule has 0 aliphatic heterocycles. The Hall–Kier alpha value is -4.58. The first-order valence-electron chi connectivity index (χ1n) is 9.89. The standard InChI is InChI=1S/C26H18N2O4/c29-27(30)23-15-7-13-21(17-23)26(22-14-8-16-24(18-22)28(31)32)25(19-9-3-1-4-10-19)20-11-5-2-6-12-20/h1-18H. The summed E-state index contributed by atoms with van der Waals surface area (Å²) in [5.41, 5.74) is 4.39. The van der Waals surface area contributed by atoms with E-state index in [1.54, 1.807) is 24.3 Å². The third-order valence-corrected chi connectivity index (χ3v) is 5.07. The number of rotatable bonds is 6. The van der Waals surface area contributed by atoms with Gasteiger partial charge in [-0.2, -0.15) is 0 Å². The maximum absolute atomic E-state index is 11.5. The van der Waals surface area contributed by atoms with Crippen molar-refractivity contribution in [3.05, 3.63) is 152 Å². The van der Waals surface area contributed by atoms with Gasteiger partial charge in [0, 0.05) is 24.3 Å². The van der Waals surface area contributed by atoms with Gasteiger partial charge >= 0.3 is 0 Å². The molecule has 0 bridgehead atoms. The van der Waals surface area contributed by atoms with Gasteiger partial charge < -0.3 is 0 Å². The van der Waals surface area contributed by atoms with Gasteiger partial charge in [0.2, 0.25) is 0 Å². The van der Waals surface area contributed by atoms with Crippen molar-refractivity contribution in [2.45, 2.75) is 0 Å². The van der Waals surface area contributed by atoms with Crippen molar-refractivity contribution in [3.8, 4) is 0 Å². The molecule has 4 aromatic rings. The topological polar surface area (TPSA) is 86.3 Å². The molecular weight excluding hydrogens is 404 g/mol. The van der Waals surface area contributed by atoms with Gasteiger partial charge in [0.1, 0.15) is 0 Å². The second-order valence-corrected chi connectivity index (χ2v) is 7.10. The van der Waals surface area contributed by atoms with Crippen molar-refractivity contribution >= 4 is 22.5 Å². The molecule has 0 fully saturated rings. The SMILES string of the molecule is O=[N+]([O-])c1cccc(C(=C(c2ccccc2)c2ccccc2)c2cccc([N+](=O)[O-])c2)c1. The van der Waals surface area contributed by atoms with E-state index < -0.39 is 9.85 Å². The highest BCUT2D eigenvalue weighted by molar-refractivity contribution is 6.04. The van der Waals surface area contributed by atoms with E-state index in [1.165, 1.54) is 24.3 Å². The number of nitrogens with zero attached hydrogens (tertiary/aromatic N) is 2. The molecular formula is C26H18N2O4. The minimum absolute atomic E-state index is 0.0501. The van der Waals surface area contributed by atoms with Crippen LogP contribution in [0.2, 0.25) is 0 Å². The minimum Gasteiger partial charge on any atom is -0.258 e. The minimum atomic E-state index is -0.445. The van der Waals surface area contributed by atoms with Crippen LogP contribution in [-0.2, 0) is 0 Å². The van der Waals surface area contributed by atoms with Crippen molar-refractivity contribution in [2.75, 3.05) is 0 Å². The zero-order chi connectivity index (χ0) is 22.5. The molecule has 32 heavy (non-hydrogen) atoms. The van der Waals surface area contributed by atoms with E-state index in [4.69, 9.17) is 0 Å². The highest BCUT2D eigenvalue weighted by Gasteiger charge is 2.19. The third kappa shape index (κ3) is 4.29. The molecule has 4 aromatic carbocycles. The number of nitro groups is 2. The summed E-state index contributed by atoms with van der Waals surface area (Å²) in [6.45, 7) is 0. The van der Waals surface area contributed by atoms with Gasteiger partial charge in [-0.05, 0) is 33.4 Å². The van der Waals surface area contributed by atoms with Gasteiger partial charge in [-0.3, -0.25) is 20.2 Å². The summed E-state index contributed by atoms with van der Waals surface area (Å²) in [6.07, 6.45) is 0. The molecule has 0 saturated carbocycles. The largest absolute Gasteiger partial charge is 0.270 e. The second-order valence-electron chi connectivity index (χ2n) is 7.10. The molecule has 0 aliphatic rings. The average molecular weight is 422 g/mol. The highest BCUT2D eigenvalue weighted by Crippen LogP contribution is 2.38. The van der Waals surface area contributed by atoms with Crippen LogP contribution in [0, 0.1) is 20.2 Å². The Morgan fingerprint density at radius 3 is 1.19 bits per heavy atom. The van der Waals surface area contributed by atoms with Crippen LogP contribution >= 0.6 is 0 Å². The molecule has 0 unspecified atom stereocenters. The van der Waals surface area contributed by atoms with Gasteiger partial charge in [-0.1, -0.05) is 84.9 Å². The van der Waals surface area contributed by atoms with Crippen molar-refractivity contribution in [1.29, 1.82) is 0 Å². The van der Waals surface area contributed by atoms with E-state index in [2.05, 4.69) is 0 Å². The Bertz CT molecular complexity index is 1220. The Morgan fingerprint density at radius 2 is 0.812 bits per heavy atom. The third-order valence-electron chi connectivity index (χ3n) is 5.07. The van der Waals surface area contributed by atoms with Crippen LogP contribution < -0.4 is 0 Å². The lowest BCUT2D eigenvalue weighted by Crippen LogP contribution is -1.99. The first kappa shape index (κ1) is 20.7. The van der Waals surface area contributed by atoms with Crippen LogP contribution in [0.3, 0.4) is 0 Å². The van der Waals surface area contributed by atoms with Gasteiger partial charge in [-0.25, -0.2) is 0 Å². The van der Waals surface area contributed by atoms with E-state index in [0.29, 0.717) is 16.7 Å². The Morgan fingerprint density at radius 1 is 0.469 bits per heavy atom. The molecule has 0 radical (unpaired) electrons. The highest BCUT2D eigenvalue weighted by atomic mass is 16.6.